The van der Waals surface area contributed by atoms with Gasteiger partial charge in [0.15, 0.2) is 11.4 Å². The lowest BCUT2D eigenvalue weighted by Gasteiger charge is -2.01. The van der Waals surface area contributed by atoms with Crippen LogP contribution in [0.15, 0.2) is 46.9 Å². The van der Waals surface area contributed by atoms with Gasteiger partial charge in [-0.3, -0.25) is 0 Å². The molecule has 1 aromatic heterocycles. The number of furan rings is 1. The van der Waals surface area contributed by atoms with Crippen molar-refractivity contribution in [2.45, 2.75) is 0 Å². The molecular formula is C15H8ClFO3. The van der Waals surface area contributed by atoms with Crippen molar-refractivity contribution in [1.29, 1.82) is 0 Å². The van der Waals surface area contributed by atoms with E-state index < -0.39 is 11.8 Å². The average molecular weight is 291 g/mol. The van der Waals surface area contributed by atoms with Crippen LogP contribution in [0.4, 0.5) is 4.39 Å². The monoisotopic (exact) mass is 290 g/mol. The van der Waals surface area contributed by atoms with E-state index in [4.69, 9.17) is 21.1 Å². The molecule has 1 N–H and O–H groups in total. The second-order valence-electron chi connectivity index (χ2n) is 4.27. The van der Waals surface area contributed by atoms with Gasteiger partial charge in [-0.15, -0.1) is 0 Å². The Morgan fingerprint density at radius 1 is 1.20 bits per heavy atom. The first-order valence-corrected chi connectivity index (χ1v) is 6.15. The van der Waals surface area contributed by atoms with Crippen molar-refractivity contribution in [1.82, 2.24) is 0 Å². The van der Waals surface area contributed by atoms with Gasteiger partial charge in [0.25, 0.3) is 0 Å². The van der Waals surface area contributed by atoms with Crippen molar-refractivity contribution >= 4 is 28.5 Å². The third-order valence-corrected chi connectivity index (χ3v) is 3.31. The summed E-state index contributed by atoms with van der Waals surface area (Å²) in [5, 5.41) is 9.81. The molecule has 0 saturated heterocycles. The zero-order valence-corrected chi connectivity index (χ0v) is 10.8. The Morgan fingerprint density at radius 2 is 2.00 bits per heavy atom. The van der Waals surface area contributed by atoms with E-state index in [1.165, 1.54) is 18.2 Å². The number of carboxylic acids is 1. The number of rotatable bonds is 2. The molecule has 3 aromatic rings. The van der Waals surface area contributed by atoms with Gasteiger partial charge in [-0.25, -0.2) is 9.18 Å². The van der Waals surface area contributed by atoms with E-state index in [1.807, 2.05) is 0 Å². The maximum atomic E-state index is 13.6. The van der Waals surface area contributed by atoms with Crippen LogP contribution < -0.4 is 0 Å². The molecule has 0 unspecified atom stereocenters. The first-order valence-electron chi connectivity index (χ1n) is 5.77. The molecule has 0 radical (unpaired) electrons. The molecule has 20 heavy (non-hydrogen) atoms. The highest BCUT2D eigenvalue weighted by molar-refractivity contribution is 6.33. The van der Waals surface area contributed by atoms with Crippen molar-refractivity contribution < 1.29 is 18.7 Å². The van der Waals surface area contributed by atoms with Crippen molar-refractivity contribution in [2.24, 2.45) is 0 Å². The summed E-state index contributed by atoms with van der Waals surface area (Å²) < 4.78 is 19.0. The fourth-order valence-electron chi connectivity index (χ4n) is 2.01. The Kier molecular flexibility index (Phi) is 2.95. The number of fused-ring (bicyclic) bond motifs is 1. The Labute approximate surface area is 118 Å². The minimum Gasteiger partial charge on any atom is -0.478 e. The number of carboxylic acid groups (broad SMARTS) is 1. The topological polar surface area (TPSA) is 50.4 Å². The Bertz CT molecular complexity index is 823. The predicted molar refractivity (Wildman–Crippen MR) is 73.6 cm³/mol. The Balaban J connectivity index is 2.18. The van der Waals surface area contributed by atoms with Crippen LogP contribution in [0.1, 0.15) is 10.4 Å². The Morgan fingerprint density at radius 3 is 2.70 bits per heavy atom. The lowest BCUT2D eigenvalue weighted by molar-refractivity contribution is 0.0697. The molecule has 0 fully saturated rings. The van der Waals surface area contributed by atoms with Gasteiger partial charge in [0.1, 0.15) is 5.76 Å². The van der Waals surface area contributed by atoms with Crippen LogP contribution in [0.25, 0.3) is 22.3 Å². The zero-order chi connectivity index (χ0) is 14.3. The van der Waals surface area contributed by atoms with Gasteiger partial charge in [0, 0.05) is 10.9 Å². The number of hydrogen-bond donors (Lipinski definition) is 1. The molecule has 2 aromatic carbocycles. The maximum absolute atomic E-state index is 13.6. The molecule has 0 spiro atoms. The average Bonchev–Trinajstić information content (AvgIpc) is 2.84. The number of para-hydroxylation sites is 1. The molecule has 0 saturated carbocycles. The second kappa shape index (κ2) is 4.65. The minimum absolute atomic E-state index is 0.0231. The van der Waals surface area contributed by atoms with E-state index in [0.717, 1.165) is 0 Å². The maximum Gasteiger partial charge on any atom is 0.337 e. The van der Waals surface area contributed by atoms with Gasteiger partial charge in [-0.1, -0.05) is 23.7 Å². The highest BCUT2D eigenvalue weighted by Crippen LogP contribution is 2.31. The molecule has 0 atom stereocenters. The van der Waals surface area contributed by atoms with E-state index in [1.54, 1.807) is 24.3 Å². The quantitative estimate of drug-likeness (QED) is 0.751. The van der Waals surface area contributed by atoms with Gasteiger partial charge in [0.2, 0.25) is 0 Å². The molecule has 100 valence electrons. The van der Waals surface area contributed by atoms with Crippen molar-refractivity contribution in [3.05, 3.63) is 58.9 Å². The first-order chi connectivity index (χ1) is 9.56. The summed E-state index contributed by atoms with van der Waals surface area (Å²) in [4.78, 5) is 11.1. The van der Waals surface area contributed by atoms with Gasteiger partial charge in [-0.2, -0.15) is 0 Å². The third-order valence-electron chi connectivity index (χ3n) is 2.98. The summed E-state index contributed by atoms with van der Waals surface area (Å²) in [6.07, 6.45) is 0. The molecule has 3 rings (SSSR count). The number of hydrogen-bond acceptors (Lipinski definition) is 2. The molecule has 3 nitrogen and oxygen atoms in total. The van der Waals surface area contributed by atoms with Crippen LogP contribution in [0.5, 0.6) is 0 Å². The van der Waals surface area contributed by atoms with Crippen LogP contribution in [0, 0.1) is 5.82 Å². The highest BCUT2D eigenvalue weighted by atomic mass is 35.5. The first kappa shape index (κ1) is 12.7. The minimum atomic E-state index is -1.13. The van der Waals surface area contributed by atoms with Crippen molar-refractivity contribution in [2.75, 3.05) is 0 Å². The molecular weight excluding hydrogens is 283 g/mol. The molecule has 5 heteroatoms. The third kappa shape index (κ3) is 2.04. The highest BCUT2D eigenvalue weighted by Gasteiger charge is 2.14. The molecule has 0 amide bonds. The number of carbonyl (C=O) groups is 1. The number of aromatic carboxylic acids is 1. The normalized spacial score (nSPS) is 10.9. The molecule has 0 bridgehead atoms. The van der Waals surface area contributed by atoms with Crippen molar-refractivity contribution in [3.8, 4) is 11.3 Å². The summed E-state index contributed by atoms with van der Waals surface area (Å²) in [7, 11) is 0. The van der Waals surface area contributed by atoms with Gasteiger partial charge < -0.3 is 9.52 Å². The predicted octanol–water partition coefficient (Wildman–Crippen LogP) is 4.59. The SMILES string of the molecule is O=C(O)c1cc(-c2cc3cccc(F)c3o2)ccc1Cl. The number of halogens is 2. The van der Waals surface area contributed by atoms with E-state index in [9.17, 15) is 9.18 Å². The fourth-order valence-corrected chi connectivity index (χ4v) is 2.21. The number of benzene rings is 2. The van der Waals surface area contributed by atoms with E-state index in [-0.39, 0.29) is 16.2 Å². The lowest BCUT2D eigenvalue weighted by Crippen LogP contribution is -1.97. The summed E-state index contributed by atoms with van der Waals surface area (Å²) in [6, 6.07) is 10.8. The fraction of sp³-hybridized carbons (Fsp3) is 0. The van der Waals surface area contributed by atoms with Crippen molar-refractivity contribution in [3.63, 3.8) is 0 Å². The second-order valence-corrected chi connectivity index (χ2v) is 4.68. The summed E-state index contributed by atoms with van der Waals surface area (Å²) in [5.41, 5.74) is 0.654. The van der Waals surface area contributed by atoms with Crippen LogP contribution in [0.3, 0.4) is 0 Å². The van der Waals surface area contributed by atoms with E-state index >= 15 is 0 Å². The standard InChI is InChI=1S/C15H8ClFO3/c16-11-5-4-8(6-10(11)15(18)19)13-7-9-2-1-3-12(17)14(9)20-13/h1-7H,(H,18,19). The van der Waals surface area contributed by atoms with Gasteiger partial charge in [0.05, 0.1) is 10.6 Å². The Hall–Kier alpha value is -2.33. The zero-order valence-electron chi connectivity index (χ0n) is 10.1. The summed E-state index contributed by atoms with van der Waals surface area (Å²) >= 11 is 5.81. The largest absolute Gasteiger partial charge is 0.478 e. The summed E-state index contributed by atoms with van der Waals surface area (Å²) in [5.74, 6) is -1.19. The molecule has 0 aliphatic rings. The van der Waals surface area contributed by atoms with Crippen LogP contribution in [-0.2, 0) is 0 Å². The van der Waals surface area contributed by atoms with E-state index in [0.29, 0.717) is 16.7 Å². The molecule has 0 aliphatic carbocycles. The smallest absolute Gasteiger partial charge is 0.337 e. The molecule has 0 aliphatic heterocycles. The van der Waals surface area contributed by atoms with E-state index in [2.05, 4.69) is 0 Å². The van der Waals surface area contributed by atoms with Gasteiger partial charge in [-0.05, 0) is 30.3 Å². The summed E-state index contributed by atoms with van der Waals surface area (Å²) in [6.45, 7) is 0. The molecule has 1 heterocycles. The van der Waals surface area contributed by atoms with Gasteiger partial charge >= 0.3 is 5.97 Å². The van der Waals surface area contributed by atoms with Crippen LogP contribution >= 0.6 is 11.6 Å². The lowest BCUT2D eigenvalue weighted by atomic mass is 10.1. The van der Waals surface area contributed by atoms with Crippen LogP contribution in [-0.4, -0.2) is 11.1 Å². The van der Waals surface area contributed by atoms with Crippen LogP contribution in [0.2, 0.25) is 5.02 Å².